The Morgan fingerprint density at radius 3 is 2.87 bits per heavy atom. The number of rotatable bonds is 5. The van der Waals surface area contributed by atoms with Gasteiger partial charge >= 0.3 is 5.69 Å². The summed E-state index contributed by atoms with van der Waals surface area (Å²) in [6.07, 6.45) is 1.99. The zero-order chi connectivity index (χ0) is 11.3. The molecule has 1 N–H and O–H groups in total. The van der Waals surface area contributed by atoms with Crippen molar-refractivity contribution in [2.45, 2.75) is 13.3 Å². The van der Waals surface area contributed by atoms with E-state index in [0.29, 0.717) is 6.61 Å². The molecule has 0 amide bonds. The lowest BCUT2D eigenvalue weighted by Gasteiger charge is -2.06. The van der Waals surface area contributed by atoms with Crippen LogP contribution in [0.3, 0.4) is 0 Å². The molecule has 0 atom stereocenters. The predicted molar refractivity (Wildman–Crippen MR) is 54.0 cm³/mol. The van der Waals surface area contributed by atoms with E-state index in [1.165, 1.54) is 6.33 Å². The van der Waals surface area contributed by atoms with Gasteiger partial charge in [-0.1, -0.05) is 6.92 Å². The number of ether oxygens (including phenoxy) is 1. The molecule has 0 aliphatic heterocycles. The van der Waals surface area contributed by atoms with Gasteiger partial charge in [0.25, 0.3) is 5.88 Å². The summed E-state index contributed by atoms with van der Waals surface area (Å²) in [5, 5.41) is 13.4. The van der Waals surface area contributed by atoms with Crippen LogP contribution in [0.25, 0.3) is 0 Å². The molecule has 7 nitrogen and oxygen atoms in total. The molecule has 1 aromatic rings. The largest absolute Gasteiger partial charge is 0.473 e. The highest BCUT2D eigenvalue weighted by Crippen LogP contribution is 2.30. The number of hydrogen-bond donors (Lipinski definition) is 1. The monoisotopic (exact) mass is 212 g/mol. The van der Waals surface area contributed by atoms with Crippen molar-refractivity contribution in [3.05, 3.63) is 16.4 Å². The molecule has 0 bridgehead atoms. The first-order valence-corrected chi connectivity index (χ1v) is 4.50. The van der Waals surface area contributed by atoms with Crippen LogP contribution < -0.4 is 10.1 Å². The highest BCUT2D eigenvalue weighted by molar-refractivity contribution is 5.60. The second kappa shape index (κ2) is 5.08. The van der Waals surface area contributed by atoms with Crippen LogP contribution in [0.15, 0.2) is 6.33 Å². The smallest absolute Gasteiger partial charge is 0.372 e. The molecule has 0 fully saturated rings. The maximum atomic E-state index is 10.8. The lowest BCUT2D eigenvalue weighted by molar-refractivity contribution is -0.385. The Morgan fingerprint density at radius 2 is 2.33 bits per heavy atom. The topological polar surface area (TPSA) is 90.2 Å². The molecule has 0 saturated carbocycles. The molecule has 7 heteroatoms. The van der Waals surface area contributed by atoms with E-state index in [9.17, 15) is 10.1 Å². The average Bonchev–Trinajstić information content (AvgIpc) is 2.25. The first-order valence-electron chi connectivity index (χ1n) is 4.50. The molecule has 1 rings (SSSR count). The fourth-order valence-corrected chi connectivity index (χ4v) is 1.01. The van der Waals surface area contributed by atoms with Crippen LogP contribution in [0.4, 0.5) is 11.5 Å². The van der Waals surface area contributed by atoms with E-state index < -0.39 is 4.92 Å². The Hall–Kier alpha value is -1.92. The molecule has 1 aromatic heterocycles. The molecule has 0 aliphatic carbocycles. The number of aromatic nitrogens is 2. The Labute approximate surface area is 86.6 Å². The molecule has 0 aliphatic rings. The van der Waals surface area contributed by atoms with Crippen molar-refractivity contribution in [2.24, 2.45) is 0 Å². The molecular formula is C8H12N4O3. The molecule has 1 heterocycles. The van der Waals surface area contributed by atoms with Crippen LogP contribution in [0.1, 0.15) is 13.3 Å². The van der Waals surface area contributed by atoms with Crippen molar-refractivity contribution < 1.29 is 9.66 Å². The van der Waals surface area contributed by atoms with E-state index in [1.807, 2.05) is 6.92 Å². The lowest BCUT2D eigenvalue weighted by atomic mass is 10.4. The number of anilines is 1. The third-order valence-electron chi connectivity index (χ3n) is 1.65. The van der Waals surface area contributed by atoms with Crippen molar-refractivity contribution in [3.8, 4) is 5.88 Å². The highest BCUT2D eigenvalue weighted by atomic mass is 16.6. The Kier molecular flexibility index (Phi) is 3.78. The lowest BCUT2D eigenvalue weighted by Crippen LogP contribution is -2.05. The zero-order valence-corrected chi connectivity index (χ0v) is 8.56. The quantitative estimate of drug-likeness (QED) is 0.582. The number of nitrogens with one attached hydrogen (secondary N) is 1. The van der Waals surface area contributed by atoms with Gasteiger partial charge < -0.3 is 10.1 Å². The van der Waals surface area contributed by atoms with Crippen LogP contribution in [-0.4, -0.2) is 28.5 Å². The van der Waals surface area contributed by atoms with Gasteiger partial charge in [-0.25, -0.2) is 4.98 Å². The van der Waals surface area contributed by atoms with E-state index in [2.05, 4.69) is 15.3 Å². The van der Waals surface area contributed by atoms with E-state index in [1.54, 1.807) is 7.05 Å². The van der Waals surface area contributed by atoms with Crippen LogP contribution in [0.2, 0.25) is 0 Å². The van der Waals surface area contributed by atoms with Gasteiger partial charge in [-0.05, 0) is 6.42 Å². The summed E-state index contributed by atoms with van der Waals surface area (Å²) >= 11 is 0. The van der Waals surface area contributed by atoms with Crippen molar-refractivity contribution in [1.29, 1.82) is 0 Å². The van der Waals surface area contributed by atoms with Gasteiger partial charge in [-0.2, -0.15) is 4.98 Å². The molecule has 15 heavy (non-hydrogen) atoms. The van der Waals surface area contributed by atoms with Crippen molar-refractivity contribution in [1.82, 2.24) is 9.97 Å². The third-order valence-corrected chi connectivity index (χ3v) is 1.65. The minimum Gasteiger partial charge on any atom is -0.473 e. The van der Waals surface area contributed by atoms with Crippen molar-refractivity contribution in [2.75, 3.05) is 19.0 Å². The Morgan fingerprint density at radius 1 is 1.60 bits per heavy atom. The van der Waals surface area contributed by atoms with E-state index in [0.717, 1.165) is 6.42 Å². The predicted octanol–water partition coefficient (Wildman–Crippen LogP) is 1.22. The number of nitro groups is 1. The molecule has 0 unspecified atom stereocenters. The van der Waals surface area contributed by atoms with Gasteiger partial charge in [-0.15, -0.1) is 0 Å². The third kappa shape index (κ3) is 2.52. The summed E-state index contributed by atoms with van der Waals surface area (Å²) in [4.78, 5) is 17.7. The molecule has 0 radical (unpaired) electrons. The van der Waals surface area contributed by atoms with Crippen LogP contribution in [0.5, 0.6) is 5.88 Å². The van der Waals surface area contributed by atoms with Crippen LogP contribution >= 0.6 is 0 Å². The zero-order valence-electron chi connectivity index (χ0n) is 8.56. The molecule has 0 spiro atoms. The molecule has 0 aromatic carbocycles. The first kappa shape index (κ1) is 11.2. The maximum Gasteiger partial charge on any atom is 0.372 e. The second-order valence-electron chi connectivity index (χ2n) is 2.73. The minimum atomic E-state index is -0.559. The standard InChI is InChI=1S/C8H12N4O3/c1-3-4-15-8-6(12(13)14)7(9-2)10-5-11-8/h5H,3-4H2,1-2H3,(H,9,10,11). The fraction of sp³-hybridized carbons (Fsp3) is 0.500. The number of hydrogen-bond acceptors (Lipinski definition) is 6. The Bertz CT molecular complexity index is 356. The van der Waals surface area contributed by atoms with E-state index in [-0.39, 0.29) is 17.4 Å². The van der Waals surface area contributed by atoms with Gasteiger partial charge in [0.2, 0.25) is 5.82 Å². The van der Waals surface area contributed by atoms with Crippen molar-refractivity contribution >= 4 is 11.5 Å². The van der Waals surface area contributed by atoms with Crippen LogP contribution in [-0.2, 0) is 0 Å². The molecule has 82 valence electrons. The van der Waals surface area contributed by atoms with Gasteiger partial charge in [0.15, 0.2) is 0 Å². The summed E-state index contributed by atoms with van der Waals surface area (Å²) in [5.41, 5.74) is -0.228. The van der Waals surface area contributed by atoms with Crippen molar-refractivity contribution in [3.63, 3.8) is 0 Å². The van der Waals surface area contributed by atoms with E-state index >= 15 is 0 Å². The summed E-state index contributed by atoms with van der Waals surface area (Å²) in [7, 11) is 1.55. The minimum absolute atomic E-state index is 0.00111. The maximum absolute atomic E-state index is 10.8. The van der Waals surface area contributed by atoms with Gasteiger partial charge in [0.05, 0.1) is 11.5 Å². The van der Waals surface area contributed by atoms with Gasteiger partial charge in [0.1, 0.15) is 6.33 Å². The summed E-state index contributed by atoms with van der Waals surface area (Å²) in [6.45, 7) is 2.30. The van der Waals surface area contributed by atoms with E-state index in [4.69, 9.17) is 4.74 Å². The SMILES string of the molecule is CCCOc1ncnc(NC)c1[N+](=O)[O-]. The molecule has 0 saturated heterocycles. The summed E-state index contributed by atoms with van der Waals surface area (Å²) in [5.74, 6) is 0.155. The normalized spacial score (nSPS) is 9.73. The van der Waals surface area contributed by atoms with Gasteiger partial charge in [-0.3, -0.25) is 10.1 Å². The number of nitrogens with zero attached hydrogens (tertiary/aromatic N) is 3. The average molecular weight is 212 g/mol. The van der Waals surface area contributed by atoms with Crippen LogP contribution in [0, 0.1) is 10.1 Å². The fourth-order valence-electron chi connectivity index (χ4n) is 1.01. The summed E-state index contributed by atoms with van der Waals surface area (Å²) in [6, 6.07) is 0. The second-order valence-corrected chi connectivity index (χ2v) is 2.73. The van der Waals surface area contributed by atoms with Gasteiger partial charge in [0, 0.05) is 7.05 Å². The first-order chi connectivity index (χ1) is 7.20. The highest BCUT2D eigenvalue weighted by Gasteiger charge is 2.23. The molecular weight excluding hydrogens is 200 g/mol. The summed E-state index contributed by atoms with van der Waals surface area (Å²) < 4.78 is 5.16. The Balaban J connectivity index is 3.07.